The maximum atomic E-state index is 13.5. The van der Waals surface area contributed by atoms with Gasteiger partial charge in [-0.2, -0.15) is 0 Å². The summed E-state index contributed by atoms with van der Waals surface area (Å²) >= 11 is 0. The Morgan fingerprint density at radius 1 is 0.882 bits per heavy atom. The Kier molecular flexibility index (Phi) is 8.01. The molecule has 0 saturated heterocycles. The van der Waals surface area contributed by atoms with Crippen LogP contribution in [0.3, 0.4) is 0 Å². The Hall–Kier alpha value is -3.72. The van der Waals surface area contributed by atoms with Crippen molar-refractivity contribution in [2.24, 2.45) is 0 Å². The number of carbonyl (C=O) groups is 1. The van der Waals surface area contributed by atoms with Crippen molar-refractivity contribution >= 4 is 21.6 Å². The quantitative estimate of drug-likeness (QED) is 0.471. The van der Waals surface area contributed by atoms with Crippen LogP contribution in [0.15, 0.2) is 77.7 Å². The van der Waals surface area contributed by atoms with Gasteiger partial charge in [-0.05, 0) is 48.9 Å². The van der Waals surface area contributed by atoms with Gasteiger partial charge < -0.3 is 19.5 Å². The van der Waals surface area contributed by atoms with Crippen LogP contribution in [-0.2, 0) is 14.8 Å². The van der Waals surface area contributed by atoms with Crippen LogP contribution in [-0.4, -0.2) is 42.2 Å². The van der Waals surface area contributed by atoms with E-state index in [0.717, 1.165) is 9.87 Å². The normalized spacial score (nSPS) is 11.9. The maximum Gasteiger partial charge on any atom is 0.264 e. The number of rotatable bonds is 10. The first-order valence-corrected chi connectivity index (χ1v) is 12.0. The van der Waals surface area contributed by atoms with E-state index in [2.05, 4.69) is 5.32 Å². The molecule has 0 aromatic heterocycles. The zero-order valence-electron chi connectivity index (χ0n) is 19.5. The predicted molar refractivity (Wildman–Crippen MR) is 130 cm³/mol. The highest BCUT2D eigenvalue weighted by atomic mass is 32.2. The summed E-state index contributed by atoms with van der Waals surface area (Å²) in [6, 6.07) is 19.6. The zero-order valence-corrected chi connectivity index (χ0v) is 20.3. The first-order chi connectivity index (χ1) is 16.3. The minimum absolute atomic E-state index is 0.0702. The van der Waals surface area contributed by atoms with E-state index in [1.165, 1.54) is 32.4 Å². The first-order valence-electron chi connectivity index (χ1n) is 10.5. The third-order valence-corrected chi connectivity index (χ3v) is 7.05. The van der Waals surface area contributed by atoms with Crippen LogP contribution >= 0.6 is 0 Å². The van der Waals surface area contributed by atoms with Crippen molar-refractivity contribution in [2.75, 3.05) is 32.2 Å². The molecule has 1 atom stereocenters. The van der Waals surface area contributed by atoms with E-state index in [4.69, 9.17) is 14.2 Å². The van der Waals surface area contributed by atoms with Crippen molar-refractivity contribution in [3.05, 3.63) is 78.4 Å². The molecule has 8 nitrogen and oxygen atoms in total. The number of sulfonamides is 1. The fraction of sp³-hybridized carbons (Fsp3) is 0.240. The summed E-state index contributed by atoms with van der Waals surface area (Å²) < 4.78 is 43.8. The molecular formula is C25H28N2O6S. The molecule has 0 spiro atoms. The van der Waals surface area contributed by atoms with Gasteiger partial charge in [-0.25, -0.2) is 8.42 Å². The van der Waals surface area contributed by atoms with Crippen LogP contribution in [0, 0.1) is 0 Å². The standard InChI is InChI=1S/C25H28N2O6S/c1-18(19-10-13-21(31-2)14-11-19)26-25(28)17-27(34(29,30)22-8-6-5-7-9-22)20-12-15-23(32-3)24(16-20)33-4/h5-16,18H,17H2,1-4H3,(H,26,28)/t18-/m1/s1. The molecule has 3 aromatic carbocycles. The smallest absolute Gasteiger partial charge is 0.264 e. The molecule has 3 rings (SSSR count). The molecule has 180 valence electrons. The number of hydrogen-bond acceptors (Lipinski definition) is 6. The van der Waals surface area contributed by atoms with Crippen LogP contribution in [0.2, 0.25) is 0 Å². The highest BCUT2D eigenvalue weighted by Gasteiger charge is 2.28. The Morgan fingerprint density at radius 3 is 2.12 bits per heavy atom. The van der Waals surface area contributed by atoms with Crippen molar-refractivity contribution in [1.82, 2.24) is 5.32 Å². The summed E-state index contributed by atoms with van der Waals surface area (Å²) in [5.74, 6) is 1.04. The molecule has 0 aliphatic heterocycles. The maximum absolute atomic E-state index is 13.5. The van der Waals surface area contributed by atoms with E-state index in [0.29, 0.717) is 17.2 Å². The summed E-state index contributed by atoms with van der Waals surface area (Å²) in [6.07, 6.45) is 0. The molecule has 9 heteroatoms. The number of anilines is 1. The van der Waals surface area contributed by atoms with Crippen molar-refractivity contribution in [2.45, 2.75) is 17.9 Å². The molecule has 0 aliphatic rings. The second kappa shape index (κ2) is 10.9. The van der Waals surface area contributed by atoms with Crippen LogP contribution in [0.5, 0.6) is 17.2 Å². The highest BCUT2D eigenvalue weighted by Crippen LogP contribution is 2.33. The van der Waals surface area contributed by atoms with E-state index < -0.39 is 22.5 Å². The van der Waals surface area contributed by atoms with Crippen molar-refractivity contribution in [3.63, 3.8) is 0 Å². The first kappa shape index (κ1) is 24.9. The highest BCUT2D eigenvalue weighted by molar-refractivity contribution is 7.92. The summed E-state index contributed by atoms with van der Waals surface area (Å²) in [5.41, 5.74) is 1.13. The van der Waals surface area contributed by atoms with Gasteiger partial charge in [0, 0.05) is 6.07 Å². The number of nitrogens with one attached hydrogen (secondary N) is 1. The van der Waals surface area contributed by atoms with Crippen LogP contribution in [0.1, 0.15) is 18.5 Å². The summed E-state index contributed by atoms with van der Waals surface area (Å²) in [7, 11) is 0.485. The van der Waals surface area contributed by atoms with Gasteiger partial charge in [0.2, 0.25) is 5.91 Å². The van der Waals surface area contributed by atoms with Crippen LogP contribution < -0.4 is 23.8 Å². The lowest BCUT2D eigenvalue weighted by atomic mass is 10.1. The molecule has 0 aliphatic carbocycles. The Morgan fingerprint density at radius 2 is 1.53 bits per heavy atom. The number of hydrogen-bond donors (Lipinski definition) is 1. The number of nitrogens with zero attached hydrogens (tertiary/aromatic N) is 1. The lowest BCUT2D eigenvalue weighted by molar-refractivity contribution is -0.120. The largest absolute Gasteiger partial charge is 0.497 e. The van der Waals surface area contributed by atoms with Gasteiger partial charge in [0.05, 0.1) is 38.0 Å². The minimum atomic E-state index is -4.04. The van der Waals surface area contributed by atoms with Gasteiger partial charge in [-0.1, -0.05) is 30.3 Å². The molecule has 1 amide bonds. The van der Waals surface area contributed by atoms with Gasteiger partial charge in [-0.15, -0.1) is 0 Å². The topological polar surface area (TPSA) is 94.2 Å². The van der Waals surface area contributed by atoms with Crippen molar-refractivity contribution < 1.29 is 27.4 Å². The lowest BCUT2D eigenvalue weighted by Crippen LogP contribution is -2.41. The fourth-order valence-electron chi connectivity index (χ4n) is 3.41. The van der Waals surface area contributed by atoms with Gasteiger partial charge in [0.15, 0.2) is 11.5 Å². The van der Waals surface area contributed by atoms with Crippen molar-refractivity contribution in [1.29, 1.82) is 0 Å². The summed E-state index contributed by atoms with van der Waals surface area (Å²) in [4.78, 5) is 13.1. The lowest BCUT2D eigenvalue weighted by Gasteiger charge is -2.26. The van der Waals surface area contributed by atoms with E-state index in [1.54, 1.807) is 49.6 Å². The van der Waals surface area contributed by atoms with Crippen molar-refractivity contribution in [3.8, 4) is 17.2 Å². The average Bonchev–Trinajstić information content (AvgIpc) is 2.87. The number of carbonyl (C=O) groups excluding carboxylic acids is 1. The van der Waals surface area contributed by atoms with Gasteiger partial charge >= 0.3 is 0 Å². The zero-order chi connectivity index (χ0) is 24.7. The van der Waals surface area contributed by atoms with E-state index in [1.807, 2.05) is 19.1 Å². The molecular weight excluding hydrogens is 456 g/mol. The SMILES string of the molecule is COc1ccc([C@@H](C)NC(=O)CN(c2ccc(OC)c(OC)c2)S(=O)(=O)c2ccccc2)cc1. The number of methoxy groups -OCH3 is 3. The third kappa shape index (κ3) is 5.60. The number of benzene rings is 3. The Labute approximate surface area is 200 Å². The molecule has 0 radical (unpaired) electrons. The Balaban J connectivity index is 1.91. The average molecular weight is 485 g/mol. The molecule has 0 fully saturated rings. The molecule has 0 bridgehead atoms. The number of ether oxygens (including phenoxy) is 3. The van der Waals surface area contributed by atoms with Gasteiger partial charge in [0.1, 0.15) is 12.3 Å². The monoisotopic (exact) mass is 484 g/mol. The Bertz CT molecular complexity index is 1210. The summed E-state index contributed by atoms with van der Waals surface area (Å²) in [6.45, 7) is 1.40. The van der Waals surface area contributed by atoms with Crippen LogP contribution in [0.4, 0.5) is 5.69 Å². The minimum Gasteiger partial charge on any atom is -0.497 e. The molecule has 1 N–H and O–H groups in total. The fourth-order valence-corrected chi connectivity index (χ4v) is 4.84. The van der Waals surface area contributed by atoms with Gasteiger partial charge in [-0.3, -0.25) is 9.10 Å². The molecule has 34 heavy (non-hydrogen) atoms. The van der Waals surface area contributed by atoms with E-state index >= 15 is 0 Å². The second-order valence-electron chi connectivity index (χ2n) is 7.43. The van der Waals surface area contributed by atoms with Gasteiger partial charge in [0.25, 0.3) is 10.0 Å². The predicted octanol–water partition coefficient (Wildman–Crippen LogP) is 3.79. The molecule has 3 aromatic rings. The van der Waals surface area contributed by atoms with Crippen LogP contribution in [0.25, 0.3) is 0 Å². The third-order valence-electron chi connectivity index (χ3n) is 5.27. The van der Waals surface area contributed by atoms with E-state index in [9.17, 15) is 13.2 Å². The van der Waals surface area contributed by atoms with E-state index in [-0.39, 0.29) is 16.6 Å². The summed E-state index contributed by atoms with van der Waals surface area (Å²) in [5, 5.41) is 2.87. The molecule has 0 unspecified atom stereocenters. The molecule has 0 saturated carbocycles. The molecule has 0 heterocycles. The second-order valence-corrected chi connectivity index (χ2v) is 9.29. The number of amides is 1.